The molecular formula is C13H19NO6. The number of hydrogen-bond donors (Lipinski definition) is 1. The molecule has 0 aromatic carbocycles. The summed E-state index contributed by atoms with van der Waals surface area (Å²) in [6, 6.07) is -0.643. The van der Waals surface area contributed by atoms with Crippen molar-refractivity contribution in [1.29, 1.82) is 0 Å². The molecule has 0 fully saturated rings. The van der Waals surface area contributed by atoms with Crippen molar-refractivity contribution >= 4 is 17.9 Å². The summed E-state index contributed by atoms with van der Waals surface area (Å²) in [6.45, 7) is 5.39. The van der Waals surface area contributed by atoms with Gasteiger partial charge in [0.1, 0.15) is 0 Å². The highest BCUT2D eigenvalue weighted by molar-refractivity contribution is 5.69. The van der Waals surface area contributed by atoms with E-state index in [2.05, 4.69) is 0 Å². The van der Waals surface area contributed by atoms with Crippen molar-refractivity contribution in [2.75, 3.05) is 0 Å². The monoisotopic (exact) mass is 285 g/mol. The maximum atomic E-state index is 11.2. The molecule has 0 radical (unpaired) electrons. The van der Waals surface area contributed by atoms with Crippen LogP contribution in [-0.2, 0) is 28.6 Å². The lowest BCUT2D eigenvalue weighted by atomic mass is 9.88. The van der Waals surface area contributed by atoms with E-state index < -0.39 is 42.3 Å². The highest BCUT2D eigenvalue weighted by Crippen LogP contribution is 2.27. The largest absolute Gasteiger partial charge is 0.456 e. The van der Waals surface area contributed by atoms with E-state index in [1.807, 2.05) is 0 Å². The lowest BCUT2D eigenvalue weighted by molar-refractivity contribution is -0.182. The first-order chi connectivity index (χ1) is 9.22. The van der Waals surface area contributed by atoms with Crippen molar-refractivity contribution in [2.24, 2.45) is 5.73 Å². The van der Waals surface area contributed by atoms with Crippen LogP contribution in [0.1, 0.15) is 27.7 Å². The minimum Gasteiger partial charge on any atom is -0.456 e. The summed E-state index contributed by atoms with van der Waals surface area (Å²) in [4.78, 5) is 33.5. The van der Waals surface area contributed by atoms with Gasteiger partial charge in [-0.3, -0.25) is 14.4 Å². The molecule has 4 atom stereocenters. The molecule has 2 N–H and O–H groups in total. The van der Waals surface area contributed by atoms with Crippen molar-refractivity contribution in [3.05, 3.63) is 11.6 Å². The maximum absolute atomic E-state index is 11.2. The highest BCUT2D eigenvalue weighted by Gasteiger charge is 2.44. The van der Waals surface area contributed by atoms with E-state index in [-0.39, 0.29) is 0 Å². The second kappa shape index (κ2) is 6.51. The van der Waals surface area contributed by atoms with E-state index in [4.69, 9.17) is 19.9 Å². The summed E-state index contributed by atoms with van der Waals surface area (Å²) in [5.74, 6) is -1.67. The number of carbonyl (C=O) groups is 3. The average Bonchev–Trinajstić information content (AvgIpc) is 2.27. The Bertz CT molecular complexity index is 444. The SMILES string of the molecule is CC(=O)O[C@@H]1[C@@H](OC(C)=O)[C@@H](OC(C)=O)C(C)=C[C@@H]1N. The fourth-order valence-corrected chi connectivity index (χ4v) is 2.14. The molecule has 0 saturated heterocycles. The molecular weight excluding hydrogens is 266 g/mol. The summed E-state index contributed by atoms with van der Waals surface area (Å²) >= 11 is 0. The Morgan fingerprint density at radius 3 is 1.85 bits per heavy atom. The van der Waals surface area contributed by atoms with Crippen LogP contribution < -0.4 is 5.73 Å². The molecule has 7 heteroatoms. The molecule has 1 aliphatic carbocycles. The van der Waals surface area contributed by atoms with Gasteiger partial charge in [0.25, 0.3) is 0 Å². The third-order valence-corrected chi connectivity index (χ3v) is 2.80. The van der Waals surface area contributed by atoms with Gasteiger partial charge in [0.2, 0.25) is 0 Å². The maximum Gasteiger partial charge on any atom is 0.303 e. The Kier molecular flexibility index (Phi) is 5.26. The highest BCUT2D eigenvalue weighted by atomic mass is 16.6. The summed E-state index contributed by atoms with van der Waals surface area (Å²) in [5, 5.41) is 0. The van der Waals surface area contributed by atoms with Gasteiger partial charge in [-0.1, -0.05) is 6.08 Å². The van der Waals surface area contributed by atoms with Gasteiger partial charge < -0.3 is 19.9 Å². The number of carbonyl (C=O) groups excluding carboxylic acids is 3. The standard InChI is InChI=1S/C13H19NO6/c1-6-5-10(14)12(19-8(3)16)13(20-9(4)17)11(6)18-7(2)15/h5,10-13H,14H2,1-4H3/t10-,11-,12-,13-/m0/s1. The van der Waals surface area contributed by atoms with Gasteiger partial charge >= 0.3 is 17.9 Å². The van der Waals surface area contributed by atoms with Gasteiger partial charge in [-0.25, -0.2) is 0 Å². The molecule has 0 spiro atoms. The molecule has 20 heavy (non-hydrogen) atoms. The Hall–Kier alpha value is -1.89. The first-order valence-electron chi connectivity index (χ1n) is 6.18. The number of esters is 3. The summed E-state index contributed by atoms with van der Waals surface area (Å²) in [7, 11) is 0. The molecule has 1 aliphatic rings. The van der Waals surface area contributed by atoms with Crippen molar-refractivity contribution < 1.29 is 28.6 Å². The number of nitrogens with two attached hydrogens (primary N) is 1. The lowest BCUT2D eigenvalue weighted by Crippen LogP contribution is -2.56. The van der Waals surface area contributed by atoms with Crippen LogP contribution in [0.4, 0.5) is 0 Å². The minimum absolute atomic E-state index is 0.531. The zero-order chi connectivity index (χ0) is 15.4. The van der Waals surface area contributed by atoms with Crippen molar-refractivity contribution in [3.63, 3.8) is 0 Å². The van der Waals surface area contributed by atoms with E-state index in [1.54, 1.807) is 13.0 Å². The van der Waals surface area contributed by atoms with Crippen LogP contribution in [0.15, 0.2) is 11.6 Å². The van der Waals surface area contributed by atoms with Crippen LogP contribution in [0.25, 0.3) is 0 Å². The molecule has 0 saturated carbocycles. The van der Waals surface area contributed by atoms with Gasteiger partial charge in [-0.15, -0.1) is 0 Å². The van der Waals surface area contributed by atoms with E-state index in [0.717, 1.165) is 0 Å². The van der Waals surface area contributed by atoms with Crippen LogP contribution in [0.2, 0.25) is 0 Å². The molecule has 1 rings (SSSR count). The van der Waals surface area contributed by atoms with Gasteiger partial charge in [0.05, 0.1) is 6.04 Å². The second-order valence-corrected chi connectivity index (χ2v) is 4.67. The zero-order valence-electron chi connectivity index (χ0n) is 11.9. The predicted octanol–water partition coefficient (Wildman–Crippen LogP) is 0.0687. The molecule has 0 unspecified atom stereocenters. The minimum atomic E-state index is -0.958. The van der Waals surface area contributed by atoms with E-state index in [0.29, 0.717) is 5.57 Å². The Morgan fingerprint density at radius 1 is 0.950 bits per heavy atom. The Labute approximate surface area is 117 Å². The summed E-state index contributed by atoms with van der Waals surface area (Å²) in [6.07, 6.45) is -1.05. The third kappa shape index (κ3) is 4.06. The van der Waals surface area contributed by atoms with Crippen LogP contribution in [0.5, 0.6) is 0 Å². The van der Waals surface area contributed by atoms with Gasteiger partial charge in [-0.05, 0) is 12.5 Å². The van der Waals surface area contributed by atoms with Crippen molar-refractivity contribution in [1.82, 2.24) is 0 Å². The smallest absolute Gasteiger partial charge is 0.303 e. The van der Waals surface area contributed by atoms with Gasteiger partial charge in [-0.2, -0.15) is 0 Å². The molecule has 0 aromatic rings. The molecule has 0 aromatic heterocycles. The quantitative estimate of drug-likeness (QED) is 0.444. The molecule has 7 nitrogen and oxygen atoms in total. The fraction of sp³-hybridized carbons (Fsp3) is 0.615. The van der Waals surface area contributed by atoms with Crippen molar-refractivity contribution in [3.8, 4) is 0 Å². The van der Waals surface area contributed by atoms with Crippen LogP contribution >= 0.6 is 0 Å². The molecule has 0 aliphatic heterocycles. The van der Waals surface area contributed by atoms with Crippen LogP contribution in [0, 0.1) is 0 Å². The normalized spacial score (nSPS) is 29.1. The molecule has 0 amide bonds. The van der Waals surface area contributed by atoms with Gasteiger partial charge in [0.15, 0.2) is 18.3 Å². The van der Waals surface area contributed by atoms with E-state index in [1.165, 1.54) is 20.8 Å². The summed E-state index contributed by atoms with van der Waals surface area (Å²) in [5.41, 5.74) is 6.53. The fourth-order valence-electron chi connectivity index (χ4n) is 2.14. The molecule has 0 bridgehead atoms. The zero-order valence-corrected chi connectivity index (χ0v) is 11.9. The van der Waals surface area contributed by atoms with E-state index >= 15 is 0 Å². The first-order valence-corrected chi connectivity index (χ1v) is 6.18. The lowest BCUT2D eigenvalue weighted by Gasteiger charge is -2.38. The van der Waals surface area contributed by atoms with Crippen LogP contribution in [0.3, 0.4) is 0 Å². The average molecular weight is 285 g/mol. The van der Waals surface area contributed by atoms with Gasteiger partial charge in [0, 0.05) is 20.8 Å². The third-order valence-electron chi connectivity index (χ3n) is 2.80. The Morgan fingerprint density at radius 2 is 1.40 bits per heavy atom. The predicted molar refractivity (Wildman–Crippen MR) is 68.4 cm³/mol. The first kappa shape index (κ1) is 16.2. The number of ether oxygens (including phenoxy) is 3. The summed E-state index contributed by atoms with van der Waals surface area (Å²) < 4.78 is 15.4. The molecule has 112 valence electrons. The second-order valence-electron chi connectivity index (χ2n) is 4.67. The number of hydrogen-bond acceptors (Lipinski definition) is 7. The van der Waals surface area contributed by atoms with Crippen molar-refractivity contribution in [2.45, 2.75) is 52.0 Å². The molecule has 0 heterocycles. The number of rotatable bonds is 3. The Balaban J connectivity index is 3.10. The van der Waals surface area contributed by atoms with E-state index in [9.17, 15) is 14.4 Å². The van der Waals surface area contributed by atoms with Crippen LogP contribution in [-0.4, -0.2) is 42.3 Å². The topological polar surface area (TPSA) is 105 Å².